The van der Waals surface area contributed by atoms with E-state index in [9.17, 15) is 10.1 Å². The van der Waals surface area contributed by atoms with Gasteiger partial charge < -0.3 is 4.74 Å². The van der Waals surface area contributed by atoms with Crippen molar-refractivity contribution in [3.8, 4) is 0 Å². The second-order valence-corrected chi connectivity index (χ2v) is 5.54. The summed E-state index contributed by atoms with van der Waals surface area (Å²) in [6.45, 7) is 2.08. The zero-order valence-electron chi connectivity index (χ0n) is 12.5. The first kappa shape index (κ1) is 14.7. The van der Waals surface area contributed by atoms with Crippen molar-refractivity contribution in [1.29, 1.82) is 0 Å². The van der Waals surface area contributed by atoms with Gasteiger partial charge in [-0.15, -0.1) is 0 Å². The molecule has 0 aliphatic carbocycles. The van der Waals surface area contributed by atoms with Gasteiger partial charge in [0, 0.05) is 12.1 Å². The van der Waals surface area contributed by atoms with Crippen molar-refractivity contribution >= 4 is 5.69 Å². The molecule has 0 spiro atoms. The maximum absolute atomic E-state index is 11.2. The highest BCUT2D eigenvalue weighted by atomic mass is 16.6. The van der Waals surface area contributed by atoms with Gasteiger partial charge >= 0.3 is 0 Å². The predicted molar refractivity (Wildman–Crippen MR) is 83.3 cm³/mol. The van der Waals surface area contributed by atoms with Crippen LogP contribution >= 0.6 is 0 Å². The number of nitrogens with zero attached hydrogens (tertiary/aromatic N) is 2. The monoisotopic (exact) mass is 298 g/mol. The molecule has 0 N–H and O–H groups in total. The maximum Gasteiger partial charge on any atom is 0.276 e. The molecule has 3 atom stereocenters. The third-order valence-corrected chi connectivity index (χ3v) is 4.25. The lowest BCUT2D eigenvalue weighted by molar-refractivity contribution is -0.386. The highest BCUT2D eigenvalue weighted by Gasteiger charge is 2.41. The van der Waals surface area contributed by atoms with Gasteiger partial charge in [0.2, 0.25) is 0 Å². The van der Waals surface area contributed by atoms with Crippen molar-refractivity contribution < 1.29 is 9.66 Å². The van der Waals surface area contributed by atoms with E-state index in [0.29, 0.717) is 5.56 Å². The highest BCUT2D eigenvalue weighted by molar-refractivity contribution is 5.42. The van der Waals surface area contributed by atoms with Gasteiger partial charge in [0.05, 0.1) is 10.5 Å². The maximum atomic E-state index is 11.2. The van der Waals surface area contributed by atoms with Crippen molar-refractivity contribution in [3.63, 3.8) is 0 Å². The van der Waals surface area contributed by atoms with E-state index >= 15 is 0 Å². The van der Waals surface area contributed by atoms with Crippen LogP contribution in [0.4, 0.5) is 5.69 Å². The van der Waals surface area contributed by atoms with Gasteiger partial charge in [-0.25, -0.2) is 0 Å². The molecule has 1 fully saturated rings. The van der Waals surface area contributed by atoms with Crippen LogP contribution in [-0.4, -0.2) is 22.9 Å². The number of ether oxygens (including phenoxy) is 1. The zero-order chi connectivity index (χ0) is 15.7. The van der Waals surface area contributed by atoms with Gasteiger partial charge in [-0.1, -0.05) is 42.5 Å². The molecule has 1 aliphatic rings. The Kier molecular flexibility index (Phi) is 3.92. The summed E-state index contributed by atoms with van der Waals surface area (Å²) in [5.41, 5.74) is 1.78. The first-order valence-electron chi connectivity index (χ1n) is 7.25. The molecule has 0 unspecified atom stereocenters. The van der Waals surface area contributed by atoms with E-state index in [1.165, 1.54) is 6.07 Å². The minimum Gasteiger partial charge on any atom is -0.349 e. The molecule has 22 heavy (non-hydrogen) atoms. The minimum absolute atomic E-state index is 0.0975. The number of nitro groups is 1. The lowest BCUT2D eigenvalue weighted by Crippen LogP contribution is -2.27. The van der Waals surface area contributed by atoms with Crippen molar-refractivity contribution in [1.82, 2.24) is 4.90 Å². The molecule has 1 aliphatic heterocycles. The van der Waals surface area contributed by atoms with Crippen LogP contribution in [0.5, 0.6) is 0 Å². The van der Waals surface area contributed by atoms with E-state index in [1.807, 2.05) is 42.3 Å². The van der Waals surface area contributed by atoms with Crippen molar-refractivity contribution in [2.75, 3.05) is 7.05 Å². The summed E-state index contributed by atoms with van der Waals surface area (Å²) >= 11 is 0. The SMILES string of the molecule is C[C@@H]1[C@H](c2ccccc2)O[C@@H](c2ccccc2[N+](=O)[O-])N1C. The molecule has 1 heterocycles. The smallest absolute Gasteiger partial charge is 0.276 e. The Labute approximate surface area is 129 Å². The van der Waals surface area contributed by atoms with E-state index in [2.05, 4.69) is 6.92 Å². The van der Waals surface area contributed by atoms with Gasteiger partial charge in [-0.05, 0) is 25.6 Å². The largest absolute Gasteiger partial charge is 0.349 e. The zero-order valence-corrected chi connectivity index (χ0v) is 12.5. The second-order valence-electron chi connectivity index (χ2n) is 5.54. The number of benzene rings is 2. The summed E-state index contributed by atoms with van der Waals surface area (Å²) < 4.78 is 6.17. The molecule has 0 saturated carbocycles. The summed E-state index contributed by atoms with van der Waals surface area (Å²) in [5.74, 6) is 0. The van der Waals surface area contributed by atoms with Crippen LogP contribution in [0.3, 0.4) is 0 Å². The number of hydrogen-bond acceptors (Lipinski definition) is 4. The fraction of sp³-hybridized carbons (Fsp3) is 0.294. The fourth-order valence-corrected chi connectivity index (χ4v) is 2.93. The lowest BCUT2D eigenvalue weighted by atomic mass is 10.0. The van der Waals surface area contributed by atoms with Gasteiger partial charge in [0.15, 0.2) is 0 Å². The Bertz CT molecular complexity index is 675. The number of rotatable bonds is 3. The first-order chi connectivity index (χ1) is 10.6. The average molecular weight is 298 g/mol. The van der Waals surface area contributed by atoms with Gasteiger partial charge in [0.25, 0.3) is 5.69 Å². The number of hydrogen-bond donors (Lipinski definition) is 0. The van der Waals surface area contributed by atoms with Gasteiger partial charge in [-0.2, -0.15) is 0 Å². The fourth-order valence-electron chi connectivity index (χ4n) is 2.93. The summed E-state index contributed by atoms with van der Waals surface area (Å²) in [6.07, 6.45) is -0.516. The number of likely N-dealkylation sites (N-methyl/N-ethyl adjacent to an activating group) is 1. The third kappa shape index (κ3) is 2.49. The molecular weight excluding hydrogens is 280 g/mol. The van der Waals surface area contributed by atoms with Gasteiger partial charge in [-0.3, -0.25) is 15.0 Å². The molecule has 114 valence electrons. The Morgan fingerprint density at radius 2 is 1.73 bits per heavy atom. The lowest BCUT2D eigenvalue weighted by Gasteiger charge is -2.21. The summed E-state index contributed by atoms with van der Waals surface area (Å²) in [6, 6.07) is 16.9. The van der Waals surface area contributed by atoms with Crippen LogP contribution in [0.25, 0.3) is 0 Å². The van der Waals surface area contributed by atoms with Crippen molar-refractivity contribution in [2.24, 2.45) is 0 Å². The molecule has 0 amide bonds. The van der Waals surface area contributed by atoms with E-state index in [-0.39, 0.29) is 22.8 Å². The second kappa shape index (κ2) is 5.87. The molecule has 1 saturated heterocycles. The summed E-state index contributed by atoms with van der Waals surface area (Å²) in [7, 11) is 1.94. The standard InChI is InChI=1S/C17H18N2O3/c1-12-16(13-8-4-3-5-9-13)22-17(18(12)2)14-10-6-7-11-15(14)19(20)21/h3-12,16-17H,1-2H3/t12-,16-,17+/m1/s1. The van der Waals surface area contributed by atoms with Crippen LogP contribution in [0, 0.1) is 10.1 Å². The molecule has 2 aromatic carbocycles. The van der Waals surface area contributed by atoms with Crippen LogP contribution in [0.15, 0.2) is 54.6 Å². The molecular formula is C17H18N2O3. The van der Waals surface area contributed by atoms with E-state index in [4.69, 9.17) is 4.74 Å². The van der Waals surface area contributed by atoms with Crippen LogP contribution in [0.2, 0.25) is 0 Å². The molecule has 0 aromatic heterocycles. The van der Waals surface area contributed by atoms with Gasteiger partial charge in [0.1, 0.15) is 12.3 Å². The van der Waals surface area contributed by atoms with Crippen LogP contribution < -0.4 is 0 Å². The van der Waals surface area contributed by atoms with E-state index in [1.54, 1.807) is 18.2 Å². The Balaban J connectivity index is 1.95. The average Bonchev–Trinajstić information content (AvgIpc) is 2.84. The summed E-state index contributed by atoms with van der Waals surface area (Å²) in [4.78, 5) is 12.9. The Hall–Kier alpha value is -2.24. The molecule has 2 aromatic rings. The predicted octanol–water partition coefficient (Wildman–Crippen LogP) is 3.69. The van der Waals surface area contributed by atoms with Crippen molar-refractivity contribution in [2.45, 2.75) is 25.3 Å². The molecule has 0 radical (unpaired) electrons. The minimum atomic E-state index is -0.415. The van der Waals surface area contributed by atoms with E-state index < -0.39 is 6.23 Å². The Morgan fingerprint density at radius 1 is 1.09 bits per heavy atom. The third-order valence-electron chi connectivity index (χ3n) is 4.25. The quantitative estimate of drug-likeness (QED) is 0.640. The number of nitro benzene ring substituents is 1. The molecule has 0 bridgehead atoms. The normalized spacial score (nSPS) is 25.3. The highest BCUT2D eigenvalue weighted by Crippen LogP contribution is 2.43. The van der Waals surface area contributed by atoms with E-state index in [0.717, 1.165) is 5.56 Å². The molecule has 5 nitrogen and oxygen atoms in total. The molecule has 5 heteroatoms. The van der Waals surface area contributed by atoms with Crippen molar-refractivity contribution in [3.05, 3.63) is 75.8 Å². The summed E-state index contributed by atoms with van der Waals surface area (Å²) in [5, 5.41) is 11.2. The van der Waals surface area contributed by atoms with Crippen LogP contribution in [-0.2, 0) is 4.74 Å². The topological polar surface area (TPSA) is 55.6 Å². The first-order valence-corrected chi connectivity index (χ1v) is 7.25. The molecule has 3 rings (SSSR count). The van der Waals surface area contributed by atoms with Crippen LogP contribution in [0.1, 0.15) is 30.4 Å². The number of para-hydroxylation sites is 1. The Morgan fingerprint density at radius 3 is 2.41 bits per heavy atom.